The molecule has 0 saturated heterocycles. The van der Waals surface area contributed by atoms with E-state index in [1.807, 2.05) is 6.08 Å². The lowest BCUT2D eigenvalue weighted by atomic mass is 9.92. The molecule has 0 N–H and O–H groups in total. The minimum Gasteiger partial charge on any atom is -0.0985 e. The molecule has 0 nitrogen and oxygen atoms in total. The Hall–Kier alpha value is -1.82. The molecule has 0 heteroatoms. The molecule has 0 aromatic heterocycles. The summed E-state index contributed by atoms with van der Waals surface area (Å²) in [4.78, 5) is 0. The number of rotatable bonds is 1. The van der Waals surface area contributed by atoms with Gasteiger partial charge in [0.2, 0.25) is 0 Å². The van der Waals surface area contributed by atoms with E-state index < -0.39 is 0 Å². The summed E-state index contributed by atoms with van der Waals surface area (Å²) < 4.78 is 0. The molecule has 17 heavy (non-hydrogen) atoms. The first-order valence-corrected chi connectivity index (χ1v) is 6.09. The molecule has 84 valence electrons. The first kappa shape index (κ1) is 10.3. The standard InChI is InChI=1S/C17H16/c1-4-13-9-10-16-15-8-6-5-7-14(15)12(3)17(16)11(13)2/h4-10,12H,1H2,2-3H3. The monoisotopic (exact) mass is 220 g/mol. The maximum absolute atomic E-state index is 3.89. The van der Waals surface area contributed by atoms with Crippen LogP contribution in [0.5, 0.6) is 0 Å². The Morgan fingerprint density at radius 2 is 1.82 bits per heavy atom. The van der Waals surface area contributed by atoms with E-state index in [0.717, 1.165) is 0 Å². The minimum absolute atomic E-state index is 0.501. The van der Waals surface area contributed by atoms with Gasteiger partial charge in [0, 0.05) is 5.92 Å². The summed E-state index contributed by atoms with van der Waals surface area (Å²) in [6.45, 7) is 8.39. The molecule has 2 aromatic carbocycles. The quantitative estimate of drug-likeness (QED) is 0.649. The average molecular weight is 220 g/mol. The van der Waals surface area contributed by atoms with Crippen LogP contribution in [0.4, 0.5) is 0 Å². The Bertz CT molecular complexity index is 605. The molecule has 3 rings (SSSR count). The summed E-state index contributed by atoms with van der Waals surface area (Å²) in [5, 5.41) is 0. The fourth-order valence-corrected chi connectivity index (χ4v) is 3.03. The van der Waals surface area contributed by atoms with Gasteiger partial charge in [0.15, 0.2) is 0 Å². The molecule has 0 saturated carbocycles. The van der Waals surface area contributed by atoms with Gasteiger partial charge in [0.25, 0.3) is 0 Å². The van der Waals surface area contributed by atoms with Crippen LogP contribution in [0.1, 0.15) is 35.1 Å². The highest BCUT2D eigenvalue weighted by atomic mass is 14.3. The number of benzene rings is 2. The fourth-order valence-electron chi connectivity index (χ4n) is 3.03. The molecule has 0 radical (unpaired) electrons. The van der Waals surface area contributed by atoms with Gasteiger partial charge in [-0.25, -0.2) is 0 Å². The smallest absolute Gasteiger partial charge is 0.00761 e. The van der Waals surface area contributed by atoms with Crippen LogP contribution >= 0.6 is 0 Å². The van der Waals surface area contributed by atoms with Crippen molar-refractivity contribution < 1.29 is 0 Å². The van der Waals surface area contributed by atoms with Crippen molar-refractivity contribution in [3.63, 3.8) is 0 Å². The second kappa shape index (κ2) is 3.59. The SMILES string of the molecule is C=Cc1ccc2c(c1C)C(C)c1ccccc1-2. The van der Waals surface area contributed by atoms with Crippen molar-refractivity contribution in [1.82, 2.24) is 0 Å². The predicted octanol–water partition coefficient (Wildman–Crippen LogP) is 4.77. The minimum atomic E-state index is 0.501. The first-order chi connectivity index (χ1) is 8.24. The van der Waals surface area contributed by atoms with E-state index in [1.54, 1.807) is 0 Å². The van der Waals surface area contributed by atoms with Gasteiger partial charge in [-0.3, -0.25) is 0 Å². The summed E-state index contributed by atoms with van der Waals surface area (Å²) in [6, 6.07) is 13.1. The van der Waals surface area contributed by atoms with E-state index in [9.17, 15) is 0 Å². The Morgan fingerprint density at radius 3 is 2.59 bits per heavy atom. The molecule has 1 aliphatic rings. The summed E-state index contributed by atoms with van der Waals surface area (Å²) in [5.41, 5.74) is 8.35. The lowest BCUT2D eigenvalue weighted by Gasteiger charge is -2.12. The Morgan fingerprint density at radius 1 is 1.06 bits per heavy atom. The summed E-state index contributed by atoms with van der Waals surface area (Å²) in [5.74, 6) is 0.501. The molecule has 0 amide bonds. The molecular weight excluding hydrogens is 204 g/mol. The molecule has 1 atom stereocenters. The van der Waals surface area contributed by atoms with Crippen molar-refractivity contribution >= 4 is 6.08 Å². The summed E-state index contributed by atoms with van der Waals surface area (Å²) in [7, 11) is 0. The van der Waals surface area contributed by atoms with Crippen molar-refractivity contribution in [2.75, 3.05) is 0 Å². The Kier molecular flexibility index (Phi) is 2.19. The topological polar surface area (TPSA) is 0 Å². The Labute approximate surface area is 103 Å². The van der Waals surface area contributed by atoms with E-state index in [4.69, 9.17) is 0 Å². The van der Waals surface area contributed by atoms with Crippen molar-refractivity contribution in [1.29, 1.82) is 0 Å². The molecular formula is C17H16. The number of hydrogen-bond acceptors (Lipinski definition) is 0. The van der Waals surface area contributed by atoms with Crippen molar-refractivity contribution in [3.05, 3.63) is 65.2 Å². The molecule has 1 unspecified atom stereocenters. The zero-order valence-electron chi connectivity index (χ0n) is 10.3. The van der Waals surface area contributed by atoms with Gasteiger partial charge in [0.1, 0.15) is 0 Å². The van der Waals surface area contributed by atoms with Crippen LogP contribution in [0.15, 0.2) is 43.0 Å². The molecule has 0 bridgehead atoms. The second-order valence-electron chi connectivity index (χ2n) is 4.75. The van der Waals surface area contributed by atoms with E-state index >= 15 is 0 Å². The lowest BCUT2D eigenvalue weighted by Crippen LogP contribution is -1.95. The van der Waals surface area contributed by atoms with Gasteiger partial charge in [-0.15, -0.1) is 0 Å². The van der Waals surface area contributed by atoms with Gasteiger partial charge in [0.05, 0.1) is 0 Å². The summed E-state index contributed by atoms with van der Waals surface area (Å²) >= 11 is 0. The normalized spacial score (nSPS) is 16.5. The van der Waals surface area contributed by atoms with Crippen LogP contribution in [0.25, 0.3) is 17.2 Å². The molecule has 2 aromatic rings. The zero-order valence-corrected chi connectivity index (χ0v) is 10.3. The molecule has 0 aliphatic heterocycles. The second-order valence-corrected chi connectivity index (χ2v) is 4.75. The lowest BCUT2D eigenvalue weighted by molar-refractivity contribution is 0.943. The maximum atomic E-state index is 3.89. The van der Waals surface area contributed by atoms with E-state index in [0.29, 0.717) is 5.92 Å². The summed E-state index contributed by atoms with van der Waals surface area (Å²) in [6.07, 6.45) is 1.95. The highest BCUT2D eigenvalue weighted by molar-refractivity contribution is 5.81. The third-order valence-electron chi connectivity index (χ3n) is 3.93. The highest BCUT2D eigenvalue weighted by Crippen LogP contribution is 2.46. The third kappa shape index (κ3) is 1.30. The number of hydrogen-bond donors (Lipinski definition) is 0. The van der Waals surface area contributed by atoms with Gasteiger partial charge >= 0.3 is 0 Å². The van der Waals surface area contributed by atoms with Crippen LogP contribution in [0.2, 0.25) is 0 Å². The van der Waals surface area contributed by atoms with Crippen LogP contribution in [-0.4, -0.2) is 0 Å². The van der Waals surface area contributed by atoms with Gasteiger partial charge in [-0.1, -0.05) is 56.0 Å². The van der Waals surface area contributed by atoms with E-state index in [1.165, 1.54) is 33.4 Å². The molecule has 0 fully saturated rings. The van der Waals surface area contributed by atoms with E-state index in [2.05, 4.69) is 56.8 Å². The van der Waals surface area contributed by atoms with Crippen molar-refractivity contribution in [2.45, 2.75) is 19.8 Å². The van der Waals surface area contributed by atoms with Crippen molar-refractivity contribution in [3.8, 4) is 11.1 Å². The molecule has 0 heterocycles. The maximum Gasteiger partial charge on any atom is 0.00761 e. The fraction of sp³-hybridized carbons (Fsp3) is 0.176. The number of fused-ring (bicyclic) bond motifs is 3. The van der Waals surface area contributed by atoms with Crippen molar-refractivity contribution in [2.24, 2.45) is 0 Å². The van der Waals surface area contributed by atoms with Gasteiger partial charge < -0.3 is 0 Å². The third-order valence-corrected chi connectivity index (χ3v) is 3.93. The largest absolute Gasteiger partial charge is 0.0985 e. The van der Waals surface area contributed by atoms with Gasteiger partial charge in [-0.05, 0) is 40.3 Å². The van der Waals surface area contributed by atoms with E-state index in [-0.39, 0.29) is 0 Å². The van der Waals surface area contributed by atoms with Crippen LogP contribution in [0, 0.1) is 6.92 Å². The zero-order chi connectivity index (χ0) is 12.0. The Balaban J connectivity index is 2.34. The molecule has 1 aliphatic carbocycles. The highest BCUT2D eigenvalue weighted by Gasteiger charge is 2.26. The van der Waals surface area contributed by atoms with Crippen LogP contribution in [-0.2, 0) is 0 Å². The van der Waals surface area contributed by atoms with Gasteiger partial charge in [-0.2, -0.15) is 0 Å². The first-order valence-electron chi connectivity index (χ1n) is 6.09. The average Bonchev–Trinajstić information content (AvgIpc) is 2.65. The van der Waals surface area contributed by atoms with Crippen LogP contribution < -0.4 is 0 Å². The predicted molar refractivity (Wildman–Crippen MR) is 74.2 cm³/mol. The molecule has 0 spiro atoms. The van der Waals surface area contributed by atoms with Crippen LogP contribution in [0.3, 0.4) is 0 Å².